The van der Waals surface area contributed by atoms with Crippen LogP contribution in [0.2, 0.25) is 5.02 Å². The van der Waals surface area contributed by atoms with Gasteiger partial charge in [0.25, 0.3) is 11.6 Å². The predicted octanol–water partition coefficient (Wildman–Crippen LogP) is 4.29. The highest BCUT2D eigenvalue weighted by atomic mass is 35.5. The number of rotatable bonds is 8. The Hall–Kier alpha value is -4.18. The molecule has 0 spiro atoms. The molecule has 0 atom stereocenters. The van der Waals surface area contributed by atoms with Crippen molar-refractivity contribution in [3.63, 3.8) is 0 Å². The molecule has 11 heteroatoms. The highest BCUT2D eigenvalue weighted by molar-refractivity contribution is 6.32. The van der Waals surface area contributed by atoms with Crippen LogP contribution in [-0.2, 0) is 13.3 Å². The van der Waals surface area contributed by atoms with Gasteiger partial charge in [-0.1, -0.05) is 41.4 Å². The summed E-state index contributed by atoms with van der Waals surface area (Å²) in [4.78, 5) is 22.8. The van der Waals surface area contributed by atoms with E-state index in [4.69, 9.17) is 16.3 Å². The van der Waals surface area contributed by atoms with Gasteiger partial charge in [-0.2, -0.15) is 10.2 Å². The molecule has 2 heterocycles. The summed E-state index contributed by atoms with van der Waals surface area (Å²) in [5.74, 6) is -0.123. The largest absolute Gasteiger partial charge is 0.470 e. The summed E-state index contributed by atoms with van der Waals surface area (Å²) in [6, 6.07) is 13.6. The molecule has 0 aliphatic rings. The number of non-ortho nitro benzene ring substituents is 1. The molecule has 0 saturated heterocycles. The monoisotopic (exact) mass is 466 g/mol. The molecule has 1 N–H and O–H groups in total. The van der Waals surface area contributed by atoms with Crippen molar-refractivity contribution < 1.29 is 14.5 Å². The quantitative estimate of drug-likeness (QED) is 0.306. The zero-order valence-electron chi connectivity index (χ0n) is 17.5. The molecule has 168 valence electrons. The van der Waals surface area contributed by atoms with Gasteiger partial charge in [0, 0.05) is 24.5 Å². The van der Waals surface area contributed by atoms with E-state index in [1.54, 1.807) is 29.3 Å². The lowest BCUT2D eigenvalue weighted by Gasteiger charge is -2.07. The maximum Gasteiger partial charge on any atom is 0.276 e. The van der Waals surface area contributed by atoms with E-state index in [0.29, 0.717) is 12.2 Å². The van der Waals surface area contributed by atoms with E-state index in [1.165, 1.54) is 28.4 Å². The van der Waals surface area contributed by atoms with Crippen LogP contribution in [0.1, 0.15) is 21.6 Å². The molecule has 0 radical (unpaired) electrons. The number of nitrogens with one attached hydrogen (secondary N) is 1. The topological polar surface area (TPSA) is 117 Å². The molecule has 2 aromatic carbocycles. The van der Waals surface area contributed by atoms with Gasteiger partial charge in [0.2, 0.25) is 0 Å². The molecular weight excluding hydrogens is 448 g/mol. The second kappa shape index (κ2) is 9.53. The molecule has 0 saturated carbocycles. The number of nitrogens with zero attached hydrogens (tertiary/aromatic N) is 5. The fourth-order valence-electron chi connectivity index (χ4n) is 3.12. The van der Waals surface area contributed by atoms with Gasteiger partial charge in [0.15, 0.2) is 12.4 Å². The van der Waals surface area contributed by atoms with Crippen molar-refractivity contribution in [2.24, 2.45) is 0 Å². The van der Waals surface area contributed by atoms with Crippen LogP contribution in [0.15, 0.2) is 67.1 Å². The maximum atomic E-state index is 12.5. The highest BCUT2D eigenvalue weighted by Gasteiger charge is 2.13. The summed E-state index contributed by atoms with van der Waals surface area (Å²) in [7, 11) is 0. The first-order valence-electron chi connectivity index (χ1n) is 9.87. The number of benzene rings is 2. The molecule has 0 bridgehead atoms. The Morgan fingerprint density at radius 2 is 2.06 bits per heavy atom. The number of anilines is 1. The molecule has 0 aliphatic heterocycles. The number of nitro benzene ring substituents is 1. The zero-order chi connectivity index (χ0) is 23.4. The van der Waals surface area contributed by atoms with E-state index in [-0.39, 0.29) is 28.9 Å². The number of amides is 1. The number of hydrogen-bond donors (Lipinski definition) is 1. The third-order valence-corrected chi connectivity index (χ3v) is 4.97. The molecule has 10 nitrogen and oxygen atoms in total. The number of halogens is 1. The number of carbonyl (C=O) groups excluding carboxylic acids is 1. The van der Waals surface area contributed by atoms with Crippen LogP contribution in [0.3, 0.4) is 0 Å². The van der Waals surface area contributed by atoms with Gasteiger partial charge in [-0.25, -0.2) is 4.68 Å². The average Bonchev–Trinajstić information content (AvgIpc) is 3.42. The summed E-state index contributed by atoms with van der Waals surface area (Å²) in [5.41, 5.74) is 2.90. The van der Waals surface area contributed by atoms with Gasteiger partial charge in [-0.05, 0) is 24.6 Å². The van der Waals surface area contributed by atoms with Gasteiger partial charge in [-0.15, -0.1) is 0 Å². The average molecular weight is 467 g/mol. The molecule has 0 aliphatic carbocycles. The van der Waals surface area contributed by atoms with E-state index >= 15 is 0 Å². The van der Waals surface area contributed by atoms with Crippen molar-refractivity contribution in [3.05, 3.63) is 99.1 Å². The van der Waals surface area contributed by atoms with Crippen LogP contribution in [0.4, 0.5) is 11.4 Å². The number of aryl methyl sites for hydroxylation is 1. The molecule has 0 fully saturated rings. The van der Waals surface area contributed by atoms with Gasteiger partial charge >= 0.3 is 0 Å². The Labute approximate surface area is 193 Å². The van der Waals surface area contributed by atoms with E-state index < -0.39 is 10.8 Å². The second-order valence-electron chi connectivity index (χ2n) is 7.26. The summed E-state index contributed by atoms with van der Waals surface area (Å²) in [5, 5.41) is 22.1. The summed E-state index contributed by atoms with van der Waals surface area (Å²) < 4.78 is 8.69. The number of ether oxygens (including phenoxy) is 1. The Kier molecular flexibility index (Phi) is 6.36. The van der Waals surface area contributed by atoms with Crippen LogP contribution in [0.5, 0.6) is 5.75 Å². The first-order chi connectivity index (χ1) is 15.9. The highest BCUT2D eigenvalue weighted by Crippen LogP contribution is 2.28. The van der Waals surface area contributed by atoms with Crippen LogP contribution < -0.4 is 10.1 Å². The minimum atomic E-state index is -0.541. The number of hydrogen-bond acceptors (Lipinski definition) is 6. The lowest BCUT2D eigenvalue weighted by molar-refractivity contribution is -0.384. The molecule has 33 heavy (non-hydrogen) atoms. The van der Waals surface area contributed by atoms with Gasteiger partial charge in [-0.3, -0.25) is 19.6 Å². The van der Waals surface area contributed by atoms with E-state index in [9.17, 15) is 14.9 Å². The zero-order valence-corrected chi connectivity index (χ0v) is 18.3. The lowest BCUT2D eigenvalue weighted by atomic mass is 10.1. The van der Waals surface area contributed by atoms with E-state index in [1.807, 2.05) is 25.1 Å². The third kappa shape index (κ3) is 5.55. The smallest absolute Gasteiger partial charge is 0.276 e. The van der Waals surface area contributed by atoms with Crippen molar-refractivity contribution in [2.75, 3.05) is 5.32 Å². The Bertz CT molecular complexity index is 1320. The molecule has 4 aromatic rings. The number of carbonyl (C=O) groups is 1. The van der Waals surface area contributed by atoms with Crippen LogP contribution in [0.25, 0.3) is 0 Å². The SMILES string of the molecule is Cc1cccc(Cn2cc(NC(=O)c3ccn(COc4ccc([N+](=O)[O-])cc4Cl)n3)cn2)c1. The van der Waals surface area contributed by atoms with Crippen molar-refractivity contribution in [2.45, 2.75) is 20.2 Å². The molecule has 2 aromatic heterocycles. The maximum absolute atomic E-state index is 12.5. The normalized spacial score (nSPS) is 10.7. The minimum Gasteiger partial charge on any atom is -0.470 e. The molecule has 0 unspecified atom stereocenters. The fraction of sp³-hybridized carbons (Fsp3) is 0.136. The number of nitro groups is 1. The third-order valence-electron chi connectivity index (χ3n) is 4.67. The Morgan fingerprint density at radius 3 is 2.82 bits per heavy atom. The second-order valence-corrected chi connectivity index (χ2v) is 7.66. The van der Waals surface area contributed by atoms with Gasteiger partial charge in [0.1, 0.15) is 5.75 Å². The van der Waals surface area contributed by atoms with Crippen molar-refractivity contribution >= 4 is 28.9 Å². The first-order valence-corrected chi connectivity index (χ1v) is 10.2. The van der Waals surface area contributed by atoms with Gasteiger partial charge < -0.3 is 10.1 Å². The fourth-order valence-corrected chi connectivity index (χ4v) is 3.35. The standard InChI is InChI=1S/C22H19ClN6O4/c1-15-3-2-4-16(9-15)12-28-13-17(11-24-28)25-22(30)20-7-8-27(26-20)14-33-21-6-5-18(29(31)32)10-19(21)23/h2-11,13H,12,14H2,1H3,(H,25,30). The summed E-state index contributed by atoms with van der Waals surface area (Å²) >= 11 is 6.02. The van der Waals surface area contributed by atoms with Crippen LogP contribution in [-0.4, -0.2) is 30.4 Å². The Balaban J connectivity index is 1.34. The van der Waals surface area contributed by atoms with Crippen molar-refractivity contribution in [1.29, 1.82) is 0 Å². The Morgan fingerprint density at radius 1 is 1.21 bits per heavy atom. The predicted molar refractivity (Wildman–Crippen MR) is 121 cm³/mol. The first kappa shape index (κ1) is 22.0. The molecular formula is C22H19ClN6O4. The van der Waals surface area contributed by atoms with E-state index in [0.717, 1.165) is 5.56 Å². The van der Waals surface area contributed by atoms with E-state index in [2.05, 4.69) is 21.6 Å². The minimum absolute atomic E-state index is 0.0285. The molecule has 1 amide bonds. The van der Waals surface area contributed by atoms with Crippen molar-refractivity contribution in [1.82, 2.24) is 19.6 Å². The molecule has 4 rings (SSSR count). The summed E-state index contributed by atoms with van der Waals surface area (Å²) in [6.45, 7) is 2.59. The lowest BCUT2D eigenvalue weighted by Crippen LogP contribution is -2.14. The van der Waals surface area contributed by atoms with Gasteiger partial charge in [0.05, 0.1) is 28.4 Å². The van der Waals surface area contributed by atoms with Crippen molar-refractivity contribution in [3.8, 4) is 5.75 Å². The number of aromatic nitrogens is 4. The summed E-state index contributed by atoms with van der Waals surface area (Å²) in [6.07, 6.45) is 4.90. The van der Waals surface area contributed by atoms with Crippen LogP contribution in [0, 0.1) is 17.0 Å². The van der Waals surface area contributed by atoms with Crippen LogP contribution >= 0.6 is 11.6 Å².